The highest BCUT2D eigenvalue weighted by Crippen LogP contribution is 2.21. The van der Waals surface area contributed by atoms with Crippen LogP contribution in [0.1, 0.15) is 20.7 Å². The third-order valence-corrected chi connectivity index (χ3v) is 4.18. The third-order valence-electron chi connectivity index (χ3n) is 3.89. The molecule has 0 bridgehead atoms. The monoisotopic (exact) mass is 398 g/mol. The van der Waals surface area contributed by atoms with Crippen molar-refractivity contribution < 1.29 is 18.7 Å². The number of benzene rings is 3. The molecular formula is C21H16ClFN2O3. The van der Waals surface area contributed by atoms with E-state index in [-0.39, 0.29) is 16.5 Å². The summed E-state index contributed by atoms with van der Waals surface area (Å²) in [5.74, 6) is -0.772. The second kappa shape index (κ2) is 8.54. The van der Waals surface area contributed by atoms with Gasteiger partial charge in [-0.05, 0) is 48.5 Å². The van der Waals surface area contributed by atoms with Crippen LogP contribution >= 0.6 is 11.6 Å². The number of rotatable bonds is 5. The Balaban J connectivity index is 1.74. The quantitative estimate of drug-likeness (QED) is 0.636. The minimum atomic E-state index is -0.573. The molecule has 3 aromatic rings. The van der Waals surface area contributed by atoms with Crippen molar-refractivity contribution in [2.45, 2.75) is 0 Å². The molecule has 0 heterocycles. The Kier molecular flexibility index (Phi) is 5.91. The van der Waals surface area contributed by atoms with Crippen molar-refractivity contribution in [2.24, 2.45) is 0 Å². The van der Waals surface area contributed by atoms with Crippen LogP contribution in [0.5, 0.6) is 5.75 Å². The highest BCUT2D eigenvalue weighted by Gasteiger charge is 2.12. The summed E-state index contributed by atoms with van der Waals surface area (Å²) in [6, 6.07) is 17.1. The van der Waals surface area contributed by atoms with Crippen LogP contribution in [-0.4, -0.2) is 18.9 Å². The molecule has 0 atom stereocenters. The summed E-state index contributed by atoms with van der Waals surface area (Å²) in [6.07, 6.45) is 0. The van der Waals surface area contributed by atoms with Crippen molar-refractivity contribution in [2.75, 3.05) is 17.7 Å². The number of carbonyl (C=O) groups is 2. The van der Waals surface area contributed by atoms with Crippen LogP contribution in [0.25, 0.3) is 0 Å². The van der Waals surface area contributed by atoms with Crippen molar-refractivity contribution in [1.82, 2.24) is 0 Å². The van der Waals surface area contributed by atoms with Gasteiger partial charge in [0.2, 0.25) is 0 Å². The molecule has 7 heteroatoms. The van der Waals surface area contributed by atoms with Gasteiger partial charge < -0.3 is 15.4 Å². The van der Waals surface area contributed by atoms with Gasteiger partial charge in [0.15, 0.2) is 0 Å². The highest BCUT2D eigenvalue weighted by atomic mass is 35.5. The molecule has 0 saturated carbocycles. The molecule has 0 aliphatic rings. The molecule has 0 radical (unpaired) electrons. The minimum Gasteiger partial charge on any atom is -0.497 e. The summed E-state index contributed by atoms with van der Waals surface area (Å²) >= 11 is 5.72. The first-order valence-corrected chi connectivity index (χ1v) is 8.66. The fourth-order valence-corrected chi connectivity index (χ4v) is 2.66. The van der Waals surface area contributed by atoms with E-state index in [0.29, 0.717) is 22.7 Å². The first-order chi connectivity index (χ1) is 13.5. The van der Waals surface area contributed by atoms with Gasteiger partial charge in [-0.25, -0.2) is 4.39 Å². The molecule has 0 unspecified atom stereocenters. The summed E-state index contributed by atoms with van der Waals surface area (Å²) in [4.78, 5) is 24.9. The predicted octanol–water partition coefficient (Wildman–Crippen LogP) is 4.99. The van der Waals surface area contributed by atoms with Gasteiger partial charge in [-0.1, -0.05) is 23.7 Å². The van der Waals surface area contributed by atoms with Crippen LogP contribution in [-0.2, 0) is 0 Å². The zero-order valence-electron chi connectivity index (χ0n) is 14.8. The maximum atomic E-state index is 13.2. The number of nitrogens with one attached hydrogen (secondary N) is 2. The van der Waals surface area contributed by atoms with Crippen LogP contribution in [0, 0.1) is 5.82 Å². The van der Waals surface area contributed by atoms with E-state index in [4.69, 9.17) is 16.3 Å². The molecule has 0 saturated heterocycles. The summed E-state index contributed by atoms with van der Waals surface area (Å²) < 4.78 is 18.4. The first-order valence-electron chi connectivity index (χ1n) is 8.28. The molecule has 2 amide bonds. The lowest BCUT2D eigenvalue weighted by Gasteiger charge is -2.09. The first kappa shape index (κ1) is 19.4. The highest BCUT2D eigenvalue weighted by molar-refractivity contribution is 6.31. The molecule has 0 aliphatic heterocycles. The van der Waals surface area contributed by atoms with E-state index in [1.807, 2.05) is 0 Å². The van der Waals surface area contributed by atoms with Gasteiger partial charge in [0, 0.05) is 28.6 Å². The molecule has 0 spiro atoms. The van der Waals surface area contributed by atoms with Gasteiger partial charge >= 0.3 is 0 Å². The van der Waals surface area contributed by atoms with Crippen LogP contribution in [0.4, 0.5) is 15.8 Å². The lowest BCUT2D eigenvalue weighted by Crippen LogP contribution is -2.15. The van der Waals surface area contributed by atoms with E-state index >= 15 is 0 Å². The number of amides is 2. The third kappa shape index (κ3) is 4.66. The Labute approximate surface area is 166 Å². The zero-order chi connectivity index (χ0) is 20.1. The number of halogens is 2. The number of hydrogen-bond acceptors (Lipinski definition) is 3. The van der Waals surface area contributed by atoms with E-state index in [0.717, 1.165) is 6.07 Å². The van der Waals surface area contributed by atoms with E-state index in [1.165, 1.54) is 25.3 Å². The fraction of sp³-hybridized carbons (Fsp3) is 0.0476. The molecule has 0 aliphatic carbocycles. The number of methoxy groups -OCH3 is 1. The molecule has 3 aromatic carbocycles. The van der Waals surface area contributed by atoms with Gasteiger partial charge in [-0.3, -0.25) is 9.59 Å². The Morgan fingerprint density at radius 2 is 1.46 bits per heavy atom. The van der Waals surface area contributed by atoms with Gasteiger partial charge in [-0.2, -0.15) is 0 Å². The normalized spacial score (nSPS) is 10.2. The Bertz CT molecular complexity index is 1040. The van der Waals surface area contributed by atoms with Gasteiger partial charge in [0.1, 0.15) is 11.6 Å². The average molecular weight is 399 g/mol. The molecular weight excluding hydrogens is 383 g/mol. The number of ether oxygens (including phenoxy) is 1. The number of hydrogen-bond donors (Lipinski definition) is 2. The lowest BCUT2D eigenvalue weighted by atomic mass is 10.1. The van der Waals surface area contributed by atoms with Crippen LogP contribution in [0.2, 0.25) is 5.02 Å². The minimum absolute atomic E-state index is 0.0933. The molecule has 3 rings (SSSR count). The van der Waals surface area contributed by atoms with Gasteiger partial charge in [0.05, 0.1) is 12.1 Å². The molecule has 5 nitrogen and oxygen atoms in total. The van der Waals surface area contributed by atoms with Crippen molar-refractivity contribution >= 4 is 34.8 Å². The Morgan fingerprint density at radius 3 is 2.07 bits per heavy atom. The maximum absolute atomic E-state index is 13.2. The van der Waals surface area contributed by atoms with Crippen LogP contribution in [0.3, 0.4) is 0 Å². The van der Waals surface area contributed by atoms with Crippen molar-refractivity contribution in [1.29, 1.82) is 0 Å². The summed E-state index contributed by atoms with van der Waals surface area (Å²) in [5, 5.41) is 5.28. The lowest BCUT2D eigenvalue weighted by molar-refractivity contribution is 0.102. The summed E-state index contributed by atoms with van der Waals surface area (Å²) in [7, 11) is 1.54. The fourth-order valence-electron chi connectivity index (χ4n) is 2.48. The largest absolute Gasteiger partial charge is 0.497 e. The van der Waals surface area contributed by atoms with E-state index < -0.39 is 11.7 Å². The molecule has 28 heavy (non-hydrogen) atoms. The molecule has 142 valence electrons. The van der Waals surface area contributed by atoms with E-state index in [9.17, 15) is 14.0 Å². The van der Waals surface area contributed by atoms with E-state index in [1.54, 1.807) is 42.5 Å². The summed E-state index contributed by atoms with van der Waals surface area (Å²) in [5.41, 5.74) is 1.51. The maximum Gasteiger partial charge on any atom is 0.255 e. The molecule has 2 N–H and O–H groups in total. The molecule has 0 aromatic heterocycles. The van der Waals surface area contributed by atoms with Gasteiger partial charge in [0.25, 0.3) is 11.8 Å². The second-order valence-corrected chi connectivity index (χ2v) is 6.26. The van der Waals surface area contributed by atoms with E-state index in [2.05, 4.69) is 10.6 Å². The standard InChI is InChI=1S/C21H16ClFN2O3/c1-28-17-7-3-6-15(11-17)24-20(26)13-4-2-5-14(10-13)21(27)25-16-8-9-19(23)18(22)12-16/h2-12H,1H3,(H,24,26)(H,25,27). The summed E-state index contributed by atoms with van der Waals surface area (Å²) in [6.45, 7) is 0. The average Bonchev–Trinajstić information content (AvgIpc) is 2.71. The van der Waals surface area contributed by atoms with Crippen molar-refractivity contribution in [3.05, 3.63) is 88.7 Å². The topological polar surface area (TPSA) is 67.4 Å². The predicted molar refractivity (Wildman–Crippen MR) is 107 cm³/mol. The Hall–Kier alpha value is -3.38. The van der Waals surface area contributed by atoms with Gasteiger partial charge in [-0.15, -0.1) is 0 Å². The number of anilines is 2. The SMILES string of the molecule is COc1cccc(NC(=O)c2cccc(C(=O)Nc3ccc(F)c(Cl)c3)c2)c1. The van der Waals surface area contributed by atoms with Crippen molar-refractivity contribution in [3.63, 3.8) is 0 Å². The van der Waals surface area contributed by atoms with Crippen LogP contribution in [0.15, 0.2) is 66.7 Å². The Morgan fingerprint density at radius 1 is 0.857 bits per heavy atom. The molecule has 0 fully saturated rings. The smallest absolute Gasteiger partial charge is 0.255 e. The second-order valence-electron chi connectivity index (χ2n) is 5.85. The number of carbonyl (C=O) groups excluding carboxylic acids is 2. The zero-order valence-corrected chi connectivity index (χ0v) is 15.6. The van der Waals surface area contributed by atoms with Crippen LogP contribution < -0.4 is 15.4 Å². The van der Waals surface area contributed by atoms with Crippen molar-refractivity contribution in [3.8, 4) is 5.75 Å².